The van der Waals surface area contributed by atoms with Gasteiger partial charge in [0.25, 0.3) is 0 Å². The van der Waals surface area contributed by atoms with Gasteiger partial charge in [-0.05, 0) is 25.1 Å². The summed E-state index contributed by atoms with van der Waals surface area (Å²) in [5, 5.41) is 0. The van der Waals surface area contributed by atoms with Gasteiger partial charge in [0.1, 0.15) is 11.5 Å². The number of hydrogen-bond donors (Lipinski definition) is 0. The lowest BCUT2D eigenvalue weighted by atomic mass is 9.96. The number of ketones is 1. The van der Waals surface area contributed by atoms with Crippen LogP contribution in [0, 0.1) is 0 Å². The van der Waals surface area contributed by atoms with Crippen molar-refractivity contribution in [1.29, 1.82) is 0 Å². The Morgan fingerprint density at radius 3 is 3.14 bits per heavy atom. The highest BCUT2D eigenvalue weighted by atomic mass is 79.9. The largest absolute Gasteiger partial charge is 0.493 e. The zero-order valence-electron chi connectivity index (χ0n) is 7.92. The van der Waals surface area contributed by atoms with Crippen molar-refractivity contribution < 1.29 is 9.53 Å². The zero-order chi connectivity index (χ0) is 10.1. The fourth-order valence-electron chi connectivity index (χ4n) is 1.77. The van der Waals surface area contributed by atoms with Crippen molar-refractivity contribution in [3.8, 4) is 5.75 Å². The van der Waals surface area contributed by atoms with E-state index in [4.69, 9.17) is 4.74 Å². The van der Waals surface area contributed by atoms with E-state index in [1.807, 2.05) is 18.2 Å². The van der Waals surface area contributed by atoms with Gasteiger partial charge in [0.05, 0.1) is 6.61 Å². The molecular weight excluding hydrogens is 244 g/mol. The van der Waals surface area contributed by atoms with Crippen LogP contribution in [0.2, 0.25) is 0 Å². The Hall–Kier alpha value is -0.830. The molecule has 1 aromatic rings. The van der Waals surface area contributed by atoms with Crippen LogP contribution >= 0.6 is 15.9 Å². The SMILES string of the molecule is CC(=O)CC1COc2ccc(Br)cc21. The molecule has 1 aliphatic heterocycles. The summed E-state index contributed by atoms with van der Waals surface area (Å²) in [7, 11) is 0. The van der Waals surface area contributed by atoms with Gasteiger partial charge in [0, 0.05) is 22.4 Å². The third kappa shape index (κ3) is 1.82. The Bertz CT molecular complexity index is 374. The fraction of sp³-hybridized carbons (Fsp3) is 0.364. The molecule has 3 heteroatoms. The van der Waals surface area contributed by atoms with E-state index in [2.05, 4.69) is 15.9 Å². The molecule has 1 aliphatic rings. The molecule has 2 nitrogen and oxygen atoms in total. The maximum absolute atomic E-state index is 11.0. The van der Waals surface area contributed by atoms with E-state index in [0.29, 0.717) is 13.0 Å². The Morgan fingerprint density at radius 1 is 1.64 bits per heavy atom. The maximum Gasteiger partial charge on any atom is 0.130 e. The molecule has 1 aromatic carbocycles. The highest BCUT2D eigenvalue weighted by molar-refractivity contribution is 9.10. The van der Waals surface area contributed by atoms with Crippen LogP contribution in [0.25, 0.3) is 0 Å². The van der Waals surface area contributed by atoms with E-state index in [-0.39, 0.29) is 11.7 Å². The van der Waals surface area contributed by atoms with E-state index < -0.39 is 0 Å². The predicted molar refractivity (Wildman–Crippen MR) is 57.7 cm³/mol. The van der Waals surface area contributed by atoms with Crippen LogP contribution in [0.15, 0.2) is 22.7 Å². The maximum atomic E-state index is 11.0. The molecule has 0 aromatic heterocycles. The van der Waals surface area contributed by atoms with Crippen LogP contribution in [0.4, 0.5) is 0 Å². The zero-order valence-corrected chi connectivity index (χ0v) is 9.50. The van der Waals surface area contributed by atoms with E-state index >= 15 is 0 Å². The second-order valence-electron chi connectivity index (χ2n) is 3.60. The second kappa shape index (κ2) is 3.73. The molecule has 0 N–H and O–H groups in total. The Labute approximate surface area is 91.4 Å². The molecule has 0 saturated heterocycles. The minimum Gasteiger partial charge on any atom is -0.493 e. The monoisotopic (exact) mass is 254 g/mol. The van der Waals surface area contributed by atoms with Crippen molar-refractivity contribution in [3.05, 3.63) is 28.2 Å². The lowest BCUT2D eigenvalue weighted by Crippen LogP contribution is -2.05. The molecule has 0 saturated carbocycles. The number of benzene rings is 1. The summed E-state index contributed by atoms with van der Waals surface area (Å²) in [5.74, 6) is 1.37. The first kappa shape index (κ1) is 9.71. The third-order valence-electron chi connectivity index (χ3n) is 2.39. The number of Topliss-reactive ketones (excluding diaryl/α,β-unsaturated/α-hetero) is 1. The van der Waals surface area contributed by atoms with Crippen molar-refractivity contribution in [2.24, 2.45) is 0 Å². The van der Waals surface area contributed by atoms with Gasteiger partial charge < -0.3 is 9.53 Å². The summed E-state index contributed by atoms with van der Waals surface area (Å²) in [6.45, 7) is 2.25. The number of hydrogen-bond acceptors (Lipinski definition) is 2. The van der Waals surface area contributed by atoms with E-state index in [1.165, 1.54) is 0 Å². The van der Waals surface area contributed by atoms with Gasteiger partial charge in [-0.3, -0.25) is 0 Å². The molecule has 2 rings (SSSR count). The number of carbonyl (C=O) groups excluding carboxylic acids is 1. The summed E-state index contributed by atoms with van der Waals surface area (Å²) in [5.41, 5.74) is 1.15. The quantitative estimate of drug-likeness (QED) is 0.812. The minimum atomic E-state index is 0.214. The first-order valence-electron chi connectivity index (χ1n) is 4.58. The fourth-order valence-corrected chi connectivity index (χ4v) is 2.14. The van der Waals surface area contributed by atoms with Gasteiger partial charge in [-0.25, -0.2) is 0 Å². The molecule has 14 heavy (non-hydrogen) atoms. The van der Waals surface area contributed by atoms with Gasteiger partial charge in [-0.1, -0.05) is 15.9 Å². The normalized spacial score (nSPS) is 18.9. The predicted octanol–water partition coefficient (Wildman–Crippen LogP) is 2.90. The van der Waals surface area contributed by atoms with Crippen LogP contribution in [0.1, 0.15) is 24.8 Å². The summed E-state index contributed by atoms with van der Waals surface area (Å²) in [4.78, 5) is 11.0. The second-order valence-corrected chi connectivity index (χ2v) is 4.51. The minimum absolute atomic E-state index is 0.214. The van der Waals surface area contributed by atoms with Gasteiger partial charge in [-0.2, -0.15) is 0 Å². The van der Waals surface area contributed by atoms with Crippen LogP contribution in [-0.4, -0.2) is 12.4 Å². The number of rotatable bonds is 2. The molecule has 0 radical (unpaired) electrons. The van der Waals surface area contributed by atoms with Gasteiger partial charge in [0.2, 0.25) is 0 Å². The first-order chi connectivity index (χ1) is 6.66. The highest BCUT2D eigenvalue weighted by Crippen LogP contribution is 2.37. The van der Waals surface area contributed by atoms with Crippen molar-refractivity contribution in [2.75, 3.05) is 6.61 Å². The molecule has 0 amide bonds. The van der Waals surface area contributed by atoms with Crippen molar-refractivity contribution in [2.45, 2.75) is 19.3 Å². The third-order valence-corrected chi connectivity index (χ3v) is 2.88. The summed E-state index contributed by atoms with van der Waals surface area (Å²) in [6, 6.07) is 5.93. The van der Waals surface area contributed by atoms with Crippen molar-refractivity contribution >= 4 is 21.7 Å². The molecule has 1 atom stereocenters. The van der Waals surface area contributed by atoms with Crippen LogP contribution in [-0.2, 0) is 4.79 Å². The van der Waals surface area contributed by atoms with E-state index in [1.54, 1.807) is 6.92 Å². The Morgan fingerprint density at radius 2 is 2.43 bits per heavy atom. The molecule has 0 fully saturated rings. The number of fused-ring (bicyclic) bond motifs is 1. The molecule has 74 valence electrons. The molecule has 0 aliphatic carbocycles. The van der Waals surface area contributed by atoms with Crippen molar-refractivity contribution in [1.82, 2.24) is 0 Å². The standard InChI is InChI=1S/C11H11BrO2/c1-7(13)4-8-6-14-11-3-2-9(12)5-10(8)11/h2-3,5,8H,4,6H2,1H3. The Kier molecular flexibility index (Phi) is 2.59. The Balaban J connectivity index is 2.28. The molecule has 0 spiro atoms. The smallest absolute Gasteiger partial charge is 0.130 e. The first-order valence-corrected chi connectivity index (χ1v) is 5.38. The van der Waals surface area contributed by atoms with Crippen molar-refractivity contribution in [3.63, 3.8) is 0 Å². The lowest BCUT2D eigenvalue weighted by molar-refractivity contribution is -0.117. The summed E-state index contributed by atoms with van der Waals surface area (Å²) < 4.78 is 6.53. The topological polar surface area (TPSA) is 26.3 Å². The van der Waals surface area contributed by atoms with Gasteiger partial charge in [0.15, 0.2) is 0 Å². The van der Waals surface area contributed by atoms with Crippen LogP contribution in [0.5, 0.6) is 5.75 Å². The van der Waals surface area contributed by atoms with Crippen LogP contribution in [0.3, 0.4) is 0 Å². The van der Waals surface area contributed by atoms with Gasteiger partial charge >= 0.3 is 0 Å². The summed E-state index contributed by atoms with van der Waals surface area (Å²) in [6.07, 6.45) is 0.573. The number of halogens is 1. The average molecular weight is 255 g/mol. The number of ether oxygens (including phenoxy) is 1. The molecular formula is C11H11BrO2. The molecule has 0 bridgehead atoms. The summed E-state index contributed by atoms with van der Waals surface area (Å²) >= 11 is 3.42. The van der Waals surface area contributed by atoms with Crippen LogP contribution < -0.4 is 4.74 Å². The van der Waals surface area contributed by atoms with E-state index in [9.17, 15) is 4.79 Å². The molecule has 1 heterocycles. The van der Waals surface area contributed by atoms with Gasteiger partial charge in [-0.15, -0.1) is 0 Å². The highest BCUT2D eigenvalue weighted by Gasteiger charge is 2.25. The average Bonchev–Trinajstić information content (AvgIpc) is 2.47. The lowest BCUT2D eigenvalue weighted by Gasteiger charge is -2.05. The number of carbonyl (C=O) groups is 1. The molecule has 1 unspecified atom stereocenters. The van der Waals surface area contributed by atoms with E-state index in [0.717, 1.165) is 15.8 Å².